The Morgan fingerprint density at radius 1 is 1.11 bits per heavy atom. The second-order valence-electron chi connectivity index (χ2n) is 9.32. The van der Waals surface area contributed by atoms with Gasteiger partial charge in [0.2, 0.25) is 5.43 Å². The molecular formula is C26H33N4O4Re-. The van der Waals surface area contributed by atoms with Crippen molar-refractivity contribution in [2.24, 2.45) is 5.92 Å². The molecule has 1 radical (unpaired) electrons. The monoisotopic (exact) mass is 652 g/mol. The van der Waals surface area contributed by atoms with Gasteiger partial charge in [-0.05, 0) is 31.4 Å². The fraction of sp³-hybridized carbons (Fsp3) is 0.462. The Kier molecular flexibility index (Phi) is 8.58. The van der Waals surface area contributed by atoms with E-state index in [1.54, 1.807) is 4.57 Å². The number of carbonyl (C=O) groups excluding carboxylic acids is 2. The van der Waals surface area contributed by atoms with Crippen molar-refractivity contribution < 1.29 is 34.7 Å². The van der Waals surface area contributed by atoms with E-state index in [1.807, 2.05) is 42.3 Å². The Labute approximate surface area is 220 Å². The maximum absolute atomic E-state index is 13.7. The zero-order valence-electron chi connectivity index (χ0n) is 20.5. The van der Waals surface area contributed by atoms with Crippen molar-refractivity contribution in [3.05, 3.63) is 71.0 Å². The quantitative estimate of drug-likeness (QED) is 0.514. The van der Waals surface area contributed by atoms with Gasteiger partial charge in [-0.25, -0.2) is 0 Å². The van der Waals surface area contributed by atoms with Gasteiger partial charge in [-0.2, -0.15) is 0 Å². The van der Waals surface area contributed by atoms with Crippen LogP contribution in [-0.2, 0) is 33.5 Å². The van der Waals surface area contributed by atoms with Crippen LogP contribution in [0.25, 0.3) is 0 Å². The van der Waals surface area contributed by atoms with Gasteiger partial charge in [0.15, 0.2) is 11.4 Å². The third-order valence-corrected chi connectivity index (χ3v) is 7.36. The molecule has 1 N–H and O–H groups in total. The van der Waals surface area contributed by atoms with E-state index >= 15 is 0 Å². The summed E-state index contributed by atoms with van der Waals surface area (Å²) in [6.07, 6.45) is 5.85. The van der Waals surface area contributed by atoms with Gasteiger partial charge in [0, 0.05) is 45.8 Å². The van der Waals surface area contributed by atoms with Crippen molar-refractivity contribution in [2.75, 3.05) is 20.7 Å². The van der Waals surface area contributed by atoms with Crippen LogP contribution in [0.1, 0.15) is 52.1 Å². The molecule has 1 aromatic heterocycles. The number of aromatic nitrogens is 1. The molecule has 2 fully saturated rings. The molecule has 1 saturated carbocycles. The largest absolute Gasteiger partial charge is 0.491 e. The fourth-order valence-corrected chi connectivity index (χ4v) is 5.73. The van der Waals surface area contributed by atoms with Crippen molar-refractivity contribution in [3.63, 3.8) is 0 Å². The van der Waals surface area contributed by atoms with Gasteiger partial charge in [-0.15, -0.1) is 0 Å². The Balaban J connectivity index is 0.00000171. The molecule has 35 heavy (non-hydrogen) atoms. The number of benzene rings is 1. The molecule has 8 nitrogen and oxygen atoms in total. The van der Waals surface area contributed by atoms with Gasteiger partial charge < -0.3 is 26.9 Å². The fourth-order valence-electron chi connectivity index (χ4n) is 5.73. The molecule has 3 aliphatic rings. The molecule has 3 atom stereocenters. The van der Waals surface area contributed by atoms with Crippen molar-refractivity contribution >= 4 is 11.8 Å². The van der Waals surface area contributed by atoms with E-state index in [2.05, 4.69) is 10.2 Å². The van der Waals surface area contributed by atoms with Crippen LogP contribution in [0.4, 0.5) is 0 Å². The van der Waals surface area contributed by atoms with Crippen LogP contribution in [0.5, 0.6) is 5.75 Å². The smallest absolute Gasteiger partial charge is 0.276 e. The van der Waals surface area contributed by atoms with Gasteiger partial charge in [0.25, 0.3) is 11.8 Å². The molecule has 2 aliphatic heterocycles. The molecule has 1 aromatic carbocycles. The van der Waals surface area contributed by atoms with Gasteiger partial charge in [0.1, 0.15) is 11.7 Å². The van der Waals surface area contributed by atoms with E-state index in [0.717, 1.165) is 31.4 Å². The Hall–Kier alpha value is -2.47. The number of methoxy groups -OCH3 is 1. The normalized spacial score (nSPS) is 23.1. The first-order valence-electron chi connectivity index (χ1n) is 11.7. The molecule has 189 valence electrons. The van der Waals surface area contributed by atoms with E-state index in [9.17, 15) is 14.4 Å². The number of rotatable bonds is 4. The summed E-state index contributed by atoms with van der Waals surface area (Å²) in [6, 6.07) is 9.70. The summed E-state index contributed by atoms with van der Waals surface area (Å²) in [6.45, 7) is 1.76. The number of amides is 2. The number of hydrogen-bond donors (Lipinski definition) is 1. The van der Waals surface area contributed by atoms with Gasteiger partial charge in [-0.1, -0.05) is 43.2 Å². The number of fused-ring (bicyclic) bond motifs is 4. The number of nitrogens with zero attached hydrogens (tertiary/aromatic N) is 3. The molecule has 0 unspecified atom stereocenters. The summed E-state index contributed by atoms with van der Waals surface area (Å²) in [5.74, 6) is -0.251. The average molecular weight is 652 g/mol. The molecular weight excluding hydrogens is 619 g/mol. The second-order valence-corrected chi connectivity index (χ2v) is 9.32. The van der Waals surface area contributed by atoms with E-state index in [-0.39, 0.29) is 63.0 Å². The van der Waals surface area contributed by atoms with Crippen LogP contribution in [0.2, 0.25) is 0 Å². The van der Waals surface area contributed by atoms with E-state index in [1.165, 1.54) is 19.7 Å². The summed E-state index contributed by atoms with van der Waals surface area (Å²) in [4.78, 5) is 44.1. The molecule has 9 heteroatoms. The first kappa shape index (κ1) is 27.1. The Morgan fingerprint density at radius 3 is 2.54 bits per heavy atom. The molecule has 1 aliphatic carbocycles. The van der Waals surface area contributed by atoms with Crippen molar-refractivity contribution in [3.8, 4) is 5.75 Å². The molecule has 3 heterocycles. The molecule has 2 aromatic rings. The van der Waals surface area contributed by atoms with E-state index < -0.39 is 11.3 Å². The second kappa shape index (κ2) is 11.1. The molecule has 0 spiro atoms. The van der Waals surface area contributed by atoms with Gasteiger partial charge in [-0.3, -0.25) is 19.3 Å². The number of pyridine rings is 1. The van der Waals surface area contributed by atoms with Crippen LogP contribution >= 0.6 is 0 Å². The van der Waals surface area contributed by atoms with Gasteiger partial charge in [0.05, 0.1) is 13.7 Å². The summed E-state index contributed by atoms with van der Waals surface area (Å²) in [7, 11) is 3.43. The Bertz CT molecular complexity index is 1140. The number of nitrogens with one attached hydrogen (secondary N) is 1. The predicted molar refractivity (Wildman–Crippen MR) is 130 cm³/mol. The zero-order valence-corrected chi connectivity index (χ0v) is 23.2. The molecule has 2 amide bonds. The summed E-state index contributed by atoms with van der Waals surface area (Å²) < 4.78 is 7.17. The number of likely N-dealkylation sites (N-methyl/N-ethyl adjacent to an activating group) is 1. The van der Waals surface area contributed by atoms with Crippen LogP contribution in [-0.4, -0.2) is 59.1 Å². The molecule has 5 rings (SSSR count). The topological polar surface area (TPSA) is 83.9 Å². The molecule has 0 bridgehead atoms. The minimum absolute atomic E-state index is 0. The number of hydrogen-bond acceptors (Lipinski definition) is 5. The SMILES string of the molecule is COc1c2n(cc(C(=O)NCc3ccccc3)c1=O)C[C@H]1N(C)C[C@@H]3CCCC[C@@H]3N1C2=O.[CH3-].[Re]. The average Bonchev–Trinajstić information content (AvgIpc) is 2.83. The summed E-state index contributed by atoms with van der Waals surface area (Å²) >= 11 is 0. The van der Waals surface area contributed by atoms with Crippen LogP contribution < -0.4 is 15.5 Å². The summed E-state index contributed by atoms with van der Waals surface area (Å²) in [5.41, 5.74) is 0.624. The van der Waals surface area contributed by atoms with Crippen LogP contribution in [0.15, 0.2) is 41.3 Å². The third kappa shape index (κ3) is 4.82. The van der Waals surface area contributed by atoms with Crippen molar-refractivity contribution in [1.29, 1.82) is 0 Å². The number of ether oxygens (including phenoxy) is 1. The van der Waals surface area contributed by atoms with Crippen molar-refractivity contribution in [2.45, 2.75) is 51.0 Å². The molecule has 1 saturated heterocycles. The maximum atomic E-state index is 13.7. The number of carbonyl (C=O) groups is 2. The van der Waals surface area contributed by atoms with E-state index in [0.29, 0.717) is 19.0 Å². The van der Waals surface area contributed by atoms with E-state index in [4.69, 9.17) is 4.74 Å². The van der Waals surface area contributed by atoms with Crippen LogP contribution in [0, 0.1) is 13.3 Å². The first-order chi connectivity index (χ1) is 16.0. The zero-order chi connectivity index (χ0) is 23.1. The summed E-state index contributed by atoms with van der Waals surface area (Å²) in [5, 5.41) is 2.81. The predicted octanol–water partition coefficient (Wildman–Crippen LogP) is 2.52. The first-order valence-corrected chi connectivity index (χ1v) is 11.7. The third-order valence-electron chi connectivity index (χ3n) is 7.36. The maximum Gasteiger partial charge on any atom is 0.276 e. The minimum Gasteiger partial charge on any atom is -0.491 e. The van der Waals surface area contributed by atoms with Gasteiger partial charge >= 0.3 is 0 Å². The standard InChI is InChI=1S/C25H30N4O4.CH3.Re/c1-27-13-17-10-6-7-11-19(17)29-20(27)15-28-14-18(22(30)23(33-2)21(28)25(29)32)24(31)26-12-16-8-4-3-5-9-16;;/h3-5,8-9,14,17,19-20H,6-7,10-13,15H2,1-2H3,(H,26,31);1H3;/q;-1;/t17-,19-,20-;;/m0../s1. The van der Waals surface area contributed by atoms with Crippen molar-refractivity contribution in [1.82, 2.24) is 19.7 Å². The van der Waals surface area contributed by atoms with Crippen LogP contribution in [0.3, 0.4) is 0 Å². The minimum atomic E-state index is -0.549. The Morgan fingerprint density at radius 2 is 1.83 bits per heavy atom.